The molecule has 1 aromatic carbocycles. The van der Waals surface area contributed by atoms with Crippen LogP contribution in [0.2, 0.25) is 10.0 Å². The van der Waals surface area contributed by atoms with Crippen LogP contribution in [0.1, 0.15) is 37.7 Å². The number of rotatable bonds is 5. The fraction of sp³-hybridized carbons (Fsp3) is 0.562. The summed E-state index contributed by atoms with van der Waals surface area (Å²) in [5.41, 5.74) is 6.50. The van der Waals surface area contributed by atoms with Gasteiger partial charge in [-0.15, -0.1) is 0 Å². The Morgan fingerprint density at radius 1 is 1.24 bits per heavy atom. The molecule has 1 aromatic rings. The summed E-state index contributed by atoms with van der Waals surface area (Å²) >= 11 is 12.0. The lowest BCUT2D eigenvalue weighted by Crippen LogP contribution is -2.47. The molecule has 5 heteroatoms. The van der Waals surface area contributed by atoms with E-state index in [0.29, 0.717) is 29.6 Å². The Morgan fingerprint density at radius 3 is 2.57 bits per heavy atom. The van der Waals surface area contributed by atoms with Crippen LogP contribution in [-0.4, -0.2) is 19.0 Å². The molecule has 3 nitrogen and oxygen atoms in total. The first-order valence-corrected chi connectivity index (χ1v) is 8.25. The van der Waals surface area contributed by atoms with Crippen LogP contribution in [0.4, 0.5) is 0 Å². The Hall–Kier alpha value is -0.770. The minimum atomic E-state index is -0.359. The molecule has 1 fully saturated rings. The Kier molecular flexibility index (Phi) is 5.91. The van der Waals surface area contributed by atoms with Gasteiger partial charge in [0.05, 0.1) is 5.41 Å². The molecule has 1 amide bonds. The number of hydrogen-bond acceptors (Lipinski definition) is 2. The largest absolute Gasteiger partial charge is 0.355 e. The summed E-state index contributed by atoms with van der Waals surface area (Å²) in [6, 6.07) is 5.44. The molecule has 116 valence electrons. The smallest absolute Gasteiger partial charge is 0.227 e. The summed E-state index contributed by atoms with van der Waals surface area (Å²) in [7, 11) is 0. The SMILES string of the molecule is NCC1(C(=O)NCCc2ccc(Cl)cc2Cl)CCCCC1. The van der Waals surface area contributed by atoms with Gasteiger partial charge in [-0.3, -0.25) is 4.79 Å². The molecule has 3 N–H and O–H groups in total. The van der Waals surface area contributed by atoms with Crippen LogP contribution >= 0.6 is 23.2 Å². The van der Waals surface area contributed by atoms with Crippen LogP contribution in [0.5, 0.6) is 0 Å². The number of halogens is 2. The van der Waals surface area contributed by atoms with E-state index in [1.54, 1.807) is 6.07 Å². The highest BCUT2D eigenvalue weighted by Gasteiger charge is 2.37. The molecule has 0 aromatic heterocycles. The number of hydrogen-bond donors (Lipinski definition) is 2. The zero-order chi connectivity index (χ0) is 15.3. The van der Waals surface area contributed by atoms with E-state index in [1.165, 1.54) is 6.42 Å². The highest BCUT2D eigenvalue weighted by Crippen LogP contribution is 2.35. The maximum atomic E-state index is 12.4. The van der Waals surface area contributed by atoms with Gasteiger partial charge in [0, 0.05) is 23.1 Å². The van der Waals surface area contributed by atoms with Gasteiger partial charge < -0.3 is 11.1 Å². The summed E-state index contributed by atoms with van der Waals surface area (Å²) in [5, 5.41) is 4.29. The number of amides is 1. The average Bonchev–Trinajstić information content (AvgIpc) is 2.50. The Bertz CT molecular complexity index is 499. The van der Waals surface area contributed by atoms with Gasteiger partial charge in [0.15, 0.2) is 0 Å². The summed E-state index contributed by atoms with van der Waals surface area (Å²) in [6.07, 6.45) is 5.88. The van der Waals surface area contributed by atoms with Gasteiger partial charge in [-0.1, -0.05) is 48.5 Å². The quantitative estimate of drug-likeness (QED) is 0.868. The average molecular weight is 329 g/mol. The predicted molar refractivity (Wildman–Crippen MR) is 87.7 cm³/mol. The summed E-state index contributed by atoms with van der Waals surface area (Å²) in [6.45, 7) is 1.00. The molecule has 1 saturated carbocycles. The Labute approximate surface area is 136 Å². The fourth-order valence-corrected chi connectivity index (χ4v) is 3.48. The highest BCUT2D eigenvalue weighted by atomic mass is 35.5. The van der Waals surface area contributed by atoms with Crippen LogP contribution in [0.15, 0.2) is 18.2 Å². The van der Waals surface area contributed by atoms with Crippen molar-refractivity contribution in [3.8, 4) is 0 Å². The summed E-state index contributed by atoms with van der Waals surface area (Å²) < 4.78 is 0. The van der Waals surface area contributed by atoms with Gasteiger partial charge in [0.1, 0.15) is 0 Å². The molecule has 0 unspecified atom stereocenters. The summed E-state index contributed by atoms with van der Waals surface area (Å²) in [4.78, 5) is 12.4. The number of carbonyl (C=O) groups excluding carboxylic acids is 1. The van der Waals surface area contributed by atoms with Crippen LogP contribution in [0.3, 0.4) is 0 Å². The number of carbonyl (C=O) groups is 1. The molecule has 0 saturated heterocycles. The van der Waals surface area contributed by atoms with E-state index in [4.69, 9.17) is 28.9 Å². The molecule has 1 aliphatic carbocycles. The minimum Gasteiger partial charge on any atom is -0.355 e. The van der Waals surface area contributed by atoms with E-state index < -0.39 is 0 Å². The normalized spacial score (nSPS) is 17.5. The molecule has 0 heterocycles. The van der Waals surface area contributed by atoms with Crippen molar-refractivity contribution >= 4 is 29.1 Å². The van der Waals surface area contributed by atoms with Crippen molar-refractivity contribution in [1.29, 1.82) is 0 Å². The third-order valence-electron chi connectivity index (χ3n) is 4.38. The Balaban J connectivity index is 1.88. The molecular formula is C16H22Cl2N2O. The second-order valence-corrected chi connectivity index (χ2v) is 6.63. The first kappa shape index (κ1) is 16.6. The van der Waals surface area contributed by atoms with E-state index in [-0.39, 0.29) is 11.3 Å². The van der Waals surface area contributed by atoms with Crippen LogP contribution in [0, 0.1) is 5.41 Å². The maximum absolute atomic E-state index is 12.4. The molecule has 0 bridgehead atoms. The van der Waals surface area contributed by atoms with Gasteiger partial charge in [-0.05, 0) is 37.0 Å². The van der Waals surface area contributed by atoms with Crippen molar-refractivity contribution < 1.29 is 4.79 Å². The van der Waals surface area contributed by atoms with Gasteiger partial charge >= 0.3 is 0 Å². The van der Waals surface area contributed by atoms with Crippen molar-refractivity contribution in [2.75, 3.05) is 13.1 Å². The lowest BCUT2D eigenvalue weighted by atomic mass is 9.73. The highest BCUT2D eigenvalue weighted by molar-refractivity contribution is 6.35. The predicted octanol–water partition coefficient (Wildman–Crippen LogP) is 3.56. The van der Waals surface area contributed by atoms with Crippen molar-refractivity contribution in [2.45, 2.75) is 38.5 Å². The van der Waals surface area contributed by atoms with Crippen molar-refractivity contribution in [3.05, 3.63) is 33.8 Å². The summed E-state index contributed by atoms with van der Waals surface area (Å²) in [5.74, 6) is 0.0924. The Morgan fingerprint density at radius 2 is 1.95 bits per heavy atom. The third-order valence-corrected chi connectivity index (χ3v) is 4.97. The molecule has 1 aliphatic rings. The topological polar surface area (TPSA) is 55.1 Å². The van der Waals surface area contributed by atoms with Crippen molar-refractivity contribution in [3.63, 3.8) is 0 Å². The van der Waals surface area contributed by atoms with E-state index in [1.807, 2.05) is 12.1 Å². The van der Waals surface area contributed by atoms with E-state index in [0.717, 1.165) is 31.2 Å². The first-order chi connectivity index (χ1) is 10.1. The van der Waals surface area contributed by atoms with Gasteiger partial charge in [-0.2, -0.15) is 0 Å². The van der Waals surface area contributed by atoms with Gasteiger partial charge in [-0.25, -0.2) is 0 Å². The number of nitrogens with one attached hydrogen (secondary N) is 1. The number of benzene rings is 1. The lowest BCUT2D eigenvalue weighted by molar-refractivity contribution is -0.132. The van der Waals surface area contributed by atoms with Gasteiger partial charge in [0.25, 0.3) is 0 Å². The van der Waals surface area contributed by atoms with E-state index in [9.17, 15) is 4.79 Å². The van der Waals surface area contributed by atoms with Crippen molar-refractivity contribution in [1.82, 2.24) is 5.32 Å². The third kappa shape index (κ3) is 4.12. The zero-order valence-electron chi connectivity index (χ0n) is 12.1. The number of nitrogens with two attached hydrogens (primary N) is 1. The van der Waals surface area contributed by atoms with E-state index >= 15 is 0 Å². The molecular weight excluding hydrogens is 307 g/mol. The molecule has 0 spiro atoms. The van der Waals surface area contributed by atoms with Gasteiger partial charge in [0.2, 0.25) is 5.91 Å². The lowest BCUT2D eigenvalue weighted by Gasteiger charge is -2.34. The molecule has 0 atom stereocenters. The second-order valence-electron chi connectivity index (χ2n) is 5.79. The maximum Gasteiger partial charge on any atom is 0.227 e. The van der Waals surface area contributed by atoms with Crippen LogP contribution < -0.4 is 11.1 Å². The fourth-order valence-electron chi connectivity index (χ4n) is 2.98. The second kappa shape index (κ2) is 7.48. The first-order valence-electron chi connectivity index (χ1n) is 7.50. The standard InChI is InChI=1S/C16H22Cl2N2O/c17-13-5-4-12(14(18)10-13)6-9-20-15(21)16(11-19)7-2-1-3-8-16/h4-5,10H,1-3,6-9,11,19H2,(H,20,21). The molecule has 21 heavy (non-hydrogen) atoms. The molecule has 0 aliphatic heterocycles. The molecule has 0 radical (unpaired) electrons. The monoisotopic (exact) mass is 328 g/mol. The minimum absolute atomic E-state index is 0.0924. The molecule has 2 rings (SSSR count). The van der Waals surface area contributed by atoms with Crippen LogP contribution in [0.25, 0.3) is 0 Å². The van der Waals surface area contributed by atoms with Crippen LogP contribution in [-0.2, 0) is 11.2 Å². The zero-order valence-corrected chi connectivity index (χ0v) is 13.6. The van der Waals surface area contributed by atoms with Crippen molar-refractivity contribution in [2.24, 2.45) is 11.1 Å². The van der Waals surface area contributed by atoms with E-state index in [2.05, 4.69) is 5.32 Å².